The minimum Gasteiger partial charge on any atom is -0.343 e. The molecule has 36 heavy (non-hydrogen) atoms. The summed E-state index contributed by atoms with van der Waals surface area (Å²) in [4.78, 5) is 0. The predicted molar refractivity (Wildman–Crippen MR) is 158 cm³/mol. The Hall–Kier alpha value is -0.993. The topological polar surface area (TPSA) is 0 Å². The zero-order valence-corrected chi connectivity index (χ0v) is 27.8. The van der Waals surface area contributed by atoms with Crippen LogP contribution in [0.1, 0.15) is 113 Å². The number of unbranched alkanes of at least 4 members (excludes halogenated alkanes) is 1. The van der Waals surface area contributed by atoms with E-state index in [1.54, 1.807) is 17.1 Å². The van der Waals surface area contributed by atoms with E-state index < -0.39 is 0 Å². The van der Waals surface area contributed by atoms with E-state index in [0.717, 1.165) is 19.3 Å². The first-order valence-electron chi connectivity index (χ1n) is 14.1. The average Bonchev–Trinajstić information content (AvgIpc) is 3.67. The molecule has 3 aliphatic rings. The standard InChI is InChI=1S/C26H29.C4H8Si.C4H9.Hf/c1-4-11-24(25-18(5-2)16-20-12-7-9-14-22(20)25)26-19(6-3)17-21-13-8-10-15-23(21)26;1-2-4-5-3-1;1-3-4-2;/h7-10,12-17,25-26H,4-6,11H2,1-3H3;1-4H2;1,3-4H2,2H3;/q-1;;-1;. The van der Waals surface area contributed by atoms with Crippen LogP contribution in [-0.4, -0.2) is 9.52 Å². The van der Waals surface area contributed by atoms with Crippen molar-refractivity contribution in [3.8, 4) is 0 Å². The van der Waals surface area contributed by atoms with Crippen molar-refractivity contribution in [1.29, 1.82) is 0 Å². The Morgan fingerprint density at radius 3 is 1.53 bits per heavy atom. The van der Waals surface area contributed by atoms with Crippen molar-refractivity contribution in [2.24, 2.45) is 0 Å². The molecule has 1 fully saturated rings. The molecular formula is C34H46HfSi-2. The molecule has 2 radical (unpaired) electrons. The van der Waals surface area contributed by atoms with Gasteiger partial charge in [-0.05, 0) is 24.0 Å². The van der Waals surface area contributed by atoms with Crippen molar-refractivity contribution >= 4 is 21.7 Å². The number of rotatable bonds is 7. The summed E-state index contributed by atoms with van der Waals surface area (Å²) in [5, 5.41) is 0. The summed E-state index contributed by atoms with van der Waals surface area (Å²) < 4.78 is 0. The van der Waals surface area contributed by atoms with E-state index >= 15 is 0 Å². The average molecular weight is 661 g/mol. The number of hydrogen-bond donors (Lipinski definition) is 0. The Morgan fingerprint density at radius 1 is 0.750 bits per heavy atom. The SMILES string of the molecule is C1CC[Si]C1.CCC[C-](C1C(CC)=Cc2ccccc21)C1C(CC)=Cc2ccccc21.[CH2-]CCC.[Hf]. The zero-order valence-electron chi connectivity index (χ0n) is 23.2. The van der Waals surface area contributed by atoms with E-state index in [-0.39, 0.29) is 25.8 Å². The summed E-state index contributed by atoms with van der Waals surface area (Å²) in [5.74, 6) is 2.69. The zero-order chi connectivity index (χ0) is 25.0. The Bertz CT molecular complexity index is 890. The molecule has 0 bridgehead atoms. The van der Waals surface area contributed by atoms with Gasteiger partial charge in [0.1, 0.15) is 0 Å². The van der Waals surface area contributed by atoms with Gasteiger partial charge in [-0.15, -0.1) is 11.8 Å². The Labute approximate surface area is 244 Å². The maximum absolute atomic E-state index is 3.60. The summed E-state index contributed by atoms with van der Waals surface area (Å²) >= 11 is 0. The van der Waals surface area contributed by atoms with Gasteiger partial charge in [-0.2, -0.15) is 12.8 Å². The largest absolute Gasteiger partial charge is 0.343 e. The van der Waals surface area contributed by atoms with Crippen molar-refractivity contribution in [2.75, 3.05) is 0 Å². The molecule has 0 aromatic heterocycles. The van der Waals surface area contributed by atoms with Gasteiger partial charge < -0.3 is 6.92 Å². The van der Waals surface area contributed by atoms with Crippen LogP contribution < -0.4 is 0 Å². The molecule has 2 unspecified atom stereocenters. The van der Waals surface area contributed by atoms with Gasteiger partial charge in [-0.3, -0.25) is 5.92 Å². The summed E-state index contributed by atoms with van der Waals surface area (Å²) in [6.07, 6.45) is 14.9. The van der Waals surface area contributed by atoms with Crippen LogP contribution in [0, 0.1) is 12.8 Å². The van der Waals surface area contributed by atoms with Crippen LogP contribution in [0.5, 0.6) is 0 Å². The second-order valence-corrected chi connectivity index (χ2v) is 11.4. The third kappa shape index (κ3) is 7.76. The maximum atomic E-state index is 3.60. The van der Waals surface area contributed by atoms with Crippen LogP contribution in [0.2, 0.25) is 12.1 Å². The third-order valence-corrected chi connectivity index (χ3v) is 8.86. The molecule has 0 saturated carbocycles. The van der Waals surface area contributed by atoms with Crippen LogP contribution >= 0.6 is 0 Å². The van der Waals surface area contributed by atoms with E-state index in [0.29, 0.717) is 11.8 Å². The molecule has 0 spiro atoms. The number of fused-ring (bicyclic) bond motifs is 2. The van der Waals surface area contributed by atoms with Crippen molar-refractivity contribution in [2.45, 2.75) is 103 Å². The molecule has 192 valence electrons. The molecule has 0 amide bonds. The molecule has 1 heterocycles. The second kappa shape index (κ2) is 16.8. The summed E-state index contributed by atoms with van der Waals surface area (Å²) in [6.45, 7) is 12.7. The second-order valence-electron chi connectivity index (χ2n) is 9.91. The Morgan fingerprint density at radius 2 is 1.19 bits per heavy atom. The van der Waals surface area contributed by atoms with Gasteiger partial charge in [0.15, 0.2) is 0 Å². The minimum atomic E-state index is 0. The molecular weight excluding hydrogens is 615 g/mol. The van der Waals surface area contributed by atoms with E-state index in [9.17, 15) is 0 Å². The van der Waals surface area contributed by atoms with Gasteiger partial charge in [0, 0.05) is 35.4 Å². The first-order valence-corrected chi connectivity index (χ1v) is 15.6. The monoisotopic (exact) mass is 662 g/mol. The van der Waals surface area contributed by atoms with Crippen LogP contribution in [-0.2, 0) is 25.8 Å². The molecule has 1 aliphatic heterocycles. The van der Waals surface area contributed by atoms with Gasteiger partial charge in [0.05, 0.1) is 0 Å². The molecule has 2 aromatic rings. The van der Waals surface area contributed by atoms with Gasteiger partial charge >= 0.3 is 0 Å². The molecule has 2 atom stereocenters. The molecule has 0 N–H and O–H groups in total. The Balaban J connectivity index is 0.000000389. The summed E-state index contributed by atoms with van der Waals surface area (Å²) in [7, 11) is 1.31. The van der Waals surface area contributed by atoms with Crippen LogP contribution in [0.15, 0.2) is 59.7 Å². The maximum Gasteiger partial charge on any atom is 0.0377 e. The first-order chi connectivity index (χ1) is 17.2. The van der Waals surface area contributed by atoms with E-state index in [2.05, 4.69) is 95.3 Å². The smallest absolute Gasteiger partial charge is 0.0377 e. The van der Waals surface area contributed by atoms with E-state index in [1.807, 2.05) is 0 Å². The number of benzene rings is 2. The molecule has 1 saturated heterocycles. The minimum absolute atomic E-state index is 0. The van der Waals surface area contributed by atoms with Crippen molar-refractivity contribution in [3.05, 3.63) is 94.8 Å². The number of allylic oxidation sites excluding steroid dienone is 2. The quantitative estimate of drug-likeness (QED) is 0.205. The molecule has 0 nitrogen and oxygen atoms in total. The Kier molecular flexibility index (Phi) is 14.5. The predicted octanol–water partition coefficient (Wildman–Crippen LogP) is 10.5. The number of hydrogen-bond acceptors (Lipinski definition) is 0. The fourth-order valence-electron chi connectivity index (χ4n) is 5.63. The molecule has 5 rings (SSSR count). The summed E-state index contributed by atoms with van der Waals surface area (Å²) in [5.41, 5.74) is 9.08. The van der Waals surface area contributed by atoms with Gasteiger partial charge in [0.2, 0.25) is 0 Å². The summed E-state index contributed by atoms with van der Waals surface area (Å²) in [6, 6.07) is 21.1. The molecule has 2 heteroatoms. The van der Waals surface area contributed by atoms with Crippen molar-refractivity contribution in [3.63, 3.8) is 0 Å². The van der Waals surface area contributed by atoms with Crippen LogP contribution in [0.4, 0.5) is 0 Å². The third-order valence-electron chi connectivity index (χ3n) is 7.44. The van der Waals surface area contributed by atoms with Crippen LogP contribution in [0.25, 0.3) is 12.2 Å². The molecule has 2 aliphatic carbocycles. The van der Waals surface area contributed by atoms with Crippen molar-refractivity contribution < 1.29 is 25.8 Å². The molecule has 2 aromatic carbocycles. The van der Waals surface area contributed by atoms with Gasteiger partial charge in [-0.25, -0.2) is 0 Å². The van der Waals surface area contributed by atoms with Gasteiger partial charge in [0.25, 0.3) is 0 Å². The van der Waals surface area contributed by atoms with Crippen LogP contribution in [0.3, 0.4) is 0 Å². The van der Waals surface area contributed by atoms with E-state index in [1.165, 1.54) is 76.0 Å². The first kappa shape index (κ1) is 31.2. The fourth-order valence-corrected chi connectivity index (χ4v) is 6.88. The van der Waals surface area contributed by atoms with Gasteiger partial charge in [-0.1, -0.05) is 148 Å². The normalized spacial score (nSPS) is 19.2. The fraction of sp³-hybridized carbons (Fsp3) is 0.471. The van der Waals surface area contributed by atoms with E-state index in [4.69, 9.17) is 0 Å². The van der Waals surface area contributed by atoms with Crippen molar-refractivity contribution in [1.82, 2.24) is 0 Å².